The van der Waals surface area contributed by atoms with Crippen LogP contribution >= 0.6 is 0 Å². The van der Waals surface area contributed by atoms with Crippen molar-refractivity contribution in [3.05, 3.63) is 12.2 Å². The smallest absolute Gasteiger partial charge is 0.220 e. The molecule has 6 N–H and O–H groups in total. The number of nitrogens with one attached hydrogen (secondary N) is 1. The number of aliphatic hydroxyl groups excluding tert-OH is 5. The van der Waals surface area contributed by atoms with Gasteiger partial charge in [-0.15, -0.1) is 0 Å². The number of aliphatic hydroxyl groups is 5. The number of hydrogen-bond donors (Lipinski definition) is 6. The number of unbranched alkanes of at least 4 members (excludes halogenated alkanes) is 39. The lowest BCUT2D eigenvalue weighted by molar-refractivity contribution is -0.302. The predicted octanol–water partition coefficient (Wildman–Crippen LogP) is 14.4. The maximum absolute atomic E-state index is 13.1. The van der Waals surface area contributed by atoms with E-state index in [0.717, 1.165) is 38.5 Å². The standard InChI is InChI=1S/C58H113NO8/c1-3-5-7-9-11-13-15-17-19-21-23-25-26-28-29-31-33-35-37-39-41-43-45-47-52(61)51(50-66-58-57(65)56(64)55(63)53(49-60)67-58)59-54(62)48-46-44-42-40-38-36-34-32-30-27-24-22-20-18-16-14-12-10-8-6-4-2/h22,24,51-53,55-58,60-61,63-65H,3-21,23,25-50H2,1-2H3,(H,59,62)/b24-22-. The fourth-order valence-electron chi connectivity index (χ4n) is 9.69. The van der Waals surface area contributed by atoms with E-state index in [2.05, 4.69) is 31.3 Å². The van der Waals surface area contributed by atoms with E-state index in [-0.39, 0.29) is 12.5 Å². The Kier molecular flexibility index (Phi) is 46.3. The molecule has 0 bridgehead atoms. The monoisotopic (exact) mass is 952 g/mol. The summed E-state index contributed by atoms with van der Waals surface area (Å²) in [4.78, 5) is 13.1. The van der Waals surface area contributed by atoms with E-state index in [1.54, 1.807) is 0 Å². The highest BCUT2D eigenvalue weighted by atomic mass is 16.7. The summed E-state index contributed by atoms with van der Waals surface area (Å²) < 4.78 is 11.3. The summed E-state index contributed by atoms with van der Waals surface area (Å²) in [5.41, 5.74) is 0. The van der Waals surface area contributed by atoms with E-state index in [4.69, 9.17) is 9.47 Å². The van der Waals surface area contributed by atoms with Gasteiger partial charge in [0.25, 0.3) is 0 Å². The highest BCUT2D eigenvalue weighted by molar-refractivity contribution is 5.76. The second kappa shape index (κ2) is 48.6. The van der Waals surface area contributed by atoms with Gasteiger partial charge in [0.15, 0.2) is 6.29 Å². The average molecular weight is 953 g/mol. The highest BCUT2D eigenvalue weighted by Crippen LogP contribution is 2.23. The minimum Gasteiger partial charge on any atom is -0.394 e. The number of ether oxygens (including phenoxy) is 2. The van der Waals surface area contributed by atoms with E-state index in [0.29, 0.717) is 12.8 Å². The van der Waals surface area contributed by atoms with E-state index in [1.165, 1.54) is 231 Å². The van der Waals surface area contributed by atoms with Crippen LogP contribution in [-0.4, -0.2) is 87.5 Å². The van der Waals surface area contributed by atoms with E-state index in [1.807, 2.05) is 0 Å². The van der Waals surface area contributed by atoms with Gasteiger partial charge in [0.1, 0.15) is 24.4 Å². The number of carbonyl (C=O) groups excluding carboxylic acids is 1. The maximum Gasteiger partial charge on any atom is 0.220 e. The number of allylic oxidation sites excluding steroid dienone is 2. The van der Waals surface area contributed by atoms with Crippen molar-refractivity contribution in [1.82, 2.24) is 5.32 Å². The Labute approximate surface area is 414 Å². The number of rotatable bonds is 51. The Morgan fingerprint density at radius 2 is 0.836 bits per heavy atom. The van der Waals surface area contributed by atoms with Gasteiger partial charge in [-0.25, -0.2) is 0 Å². The zero-order chi connectivity index (χ0) is 48.7. The Hall–Kier alpha value is -1.07. The normalized spacial score (nSPS) is 19.7. The van der Waals surface area contributed by atoms with Crippen molar-refractivity contribution in [3.8, 4) is 0 Å². The van der Waals surface area contributed by atoms with Gasteiger partial charge in [-0.05, 0) is 38.5 Å². The molecular weight excluding hydrogens is 839 g/mol. The van der Waals surface area contributed by atoms with Crippen molar-refractivity contribution < 1.29 is 39.8 Å². The molecule has 1 fully saturated rings. The van der Waals surface area contributed by atoms with Crippen LogP contribution in [0.5, 0.6) is 0 Å². The fraction of sp³-hybridized carbons (Fsp3) is 0.948. The molecule has 1 saturated heterocycles. The second-order valence-corrected chi connectivity index (χ2v) is 20.8. The summed E-state index contributed by atoms with van der Waals surface area (Å²) in [7, 11) is 0. The quantitative estimate of drug-likeness (QED) is 0.0261. The summed E-state index contributed by atoms with van der Waals surface area (Å²) in [6.45, 7) is 3.88. The van der Waals surface area contributed by atoms with Crippen LogP contribution in [0.25, 0.3) is 0 Å². The molecule has 1 heterocycles. The molecule has 0 radical (unpaired) electrons. The number of amides is 1. The molecule has 1 amide bonds. The van der Waals surface area contributed by atoms with Crippen LogP contribution < -0.4 is 5.32 Å². The van der Waals surface area contributed by atoms with Crippen LogP contribution in [0, 0.1) is 0 Å². The molecule has 1 aliphatic heterocycles. The van der Waals surface area contributed by atoms with E-state index >= 15 is 0 Å². The molecule has 1 rings (SSSR count). The molecule has 0 aromatic heterocycles. The molecule has 7 unspecified atom stereocenters. The van der Waals surface area contributed by atoms with Crippen molar-refractivity contribution in [2.45, 2.75) is 339 Å². The Balaban J connectivity index is 2.20. The van der Waals surface area contributed by atoms with E-state index < -0.39 is 49.5 Å². The average Bonchev–Trinajstić information content (AvgIpc) is 3.33. The van der Waals surface area contributed by atoms with Crippen molar-refractivity contribution in [3.63, 3.8) is 0 Å². The second-order valence-electron chi connectivity index (χ2n) is 20.8. The SMILES string of the molecule is CCCCCCCCCC/C=C\CCCCCCCCCCCC(=O)NC(COC1OC(CO)C(O)C(O)C1O)C(O)CCCCCCCCCCCCCCCCCCCCCCCCC. The molecule has 0 saturated carbocycles. The topological polar surface area (TPSA) is 149 Å². The Morgan fingerprint density at radius 3 is 1.21 bits per heavy atom. The summed E-state index contributed by atoms with van der Waals surface area (Å²) in [5.74, 6) is -0.141. The van der Waals surface area contributed by atoms with Crippen LogP contribution in [0.3, 0.4) is 0 Å². The molecule has 0 aromatic carbocycles. The molecule has 7 atom stereocenters. The van der Waals surface area contributed by atoms with E-state index in [9.17, 15) is 30.3 Å². The maximum atomic E-state index is 13.1. The summed E-state index contributed by atoms with van der Waals surface area (Å²) in [6.07, 6.45) is 52.4. The summed E-state index contributed by atoms with van der Waals surface area (Å²) in [5, 5.41) is 54.7. The van der Waals surface area contributed by atoms with Crippen LogP contribution in [-0.2, 0) is 14.3 Å². The van der Waals surface area contributed by atoms with Crippen LogP contribution in [0.4, 0.5) is 0 Å². The highest BCUT2D eigenvalue weighted by Gasteiger charge is 2.44. The fourth-order valence-corrected chi connectivity index (χ4v) is 9.69. The van der Waals surface area contributed by atoms with Crippen molar-refractivity contribution in [2.24, 2.45) is 0 Å². The van der Waals surface area contributed by atoms with Crippen molar-refractivity contribution in [2.75, 3.05) is 13.2 Å². The first-order chi connectivity index (χ1) is 32.8. The zero-order valence-electron chi connectivity index (χ0n) is 44.2. The number of hydrogen-bond acceptors (Lipinski definition) is 8. The largest absolute Gasteiger partial charge is 0.394 e. The summed E-state index contributed by atoms with van der Waals surface area (Å²) in [6, 6.07) is -0.718. The molecule has 0 aliphatic carbocycles. The predicted molar refractivity (Wildman–Crippen MR) is 281 cm³/mol. The lowest BCUT2D eigenvalue weighted by atomic mass is 9.99. The van der Waals surface area contributed by atoms with Gasteiger partial charge in [-0.1, -0.05) is 264 Å². The van der Waals surface area contributed by atoms with Gasteiger partial charge in [0.2, 0.25) is 5.91 Å². The Bertz CT molecular complexity index is 1060. The molecule has 1 aliphatic rings. The molecule has 67 heavy (non-hydrogen) atoms. The van der Waals surface area contributed by atoms with Crippen LogP contribution in [0.2, 0.25) is 0 Å². The minimum absolute atomic E-state index is 0.134. The molecular formula is C58H113NO8. The first-order valence-electron chi connectivity index (χ1n) is 29.4. The van der Waals surface area contributed by atoms with Crippen molar-refractivity contribution in [1.29, 1.82) is 0 Å². The molecule has 0 spiro atoms. The van der Waals surface area contributed by atoms with Gasteiger partial charge in [0, 0.05) is 6.42 Å². The third kappa shape index (κ3) is 38.3. The van der Waals surface area contributed by atoms with Crippen molar-refractivity contribution >= 4 is 5.91 Å². The Morgan fingerprint density at radius 1 is 0.493 bits per heavy atom. The first-order valence-corrected chi connectivity index (χ1v) is 29.4. The summed E-state index contributed by atoms with van der Waals surface area (Å²) >= 11 is 0. The zero-order valence-corrected chi connectivity index (χ0v) is 44.2. The third-order valence-corrected chi connectivity index (χ3v) is 14.4. The van der Waals surface area contributed by atoms with Crippen LogP contribution in [0.15, 0.2) is 12.2 Å². The molecule has 9 nitrogen and oxygen atoms in total. The lowest BCUT2D eigenvalue weighted by Crippen LogP contribution is -2.60. The molecule has 9 heteroatoms. The minimum atomic E-state index is -1.55. The van der Waals surface area contributed by atoms with Crippen LogP contribution in [0.1, 0.15) is 296 Å². The van der Waals surface area contributed by atoms with Gasteiger partial charge >= 0.3 is 0 Å². The lowest BCUT2D eigenvalue weighted by Gasteiger charge is -2.40. The number of carbonyl (C=O) groups is 1. The van der Waals surface area contributed by atoms with Gasteiger partial charge in [-0.2, -0.15) is 0 Å². The molecule has 398 valence electrons. The third-order valence-electron chi connectivity index (χ3n) is 14.4. The van der Waals surface area contributed by atoms with Gasteiger partial charge in [-0.3, -0.25) is 4.79 Å². The first kappa shape index (κ1) is 63.9. The van der Waals surface area contributed by atoms with Gasteiger partial charge in [0.05, 0.1) is 25.4 Å². The van der Waals surface area contributed by atoms with Gasteiger partial charge < -0.3 is 40.3 Å². The molecule has 0 aromatic rings.